The molecule has 0 saturated carbocycles. The lowest BCUT2D eigenvalue weighted by Crippen LogP contribution is -2.50. The number of pyridine rings is 1. The number of piperazine rings is 1. The molecule has 0 unspecified atom stereocenters. The molecule has 41 heavy (non-hydrogen) atoms. The Kier molecular flexibility index (Phi) is 9.44. The maximum Gasteiger partial charge on any atom is 0.410 e. The average molecular weight is 647 g/mol. The predicted molar refractivity (Wildman–Crippen MR) is 166 cm³/mol. The van der Waals surface area contributed by atoms with Gasteiger partial charge in [0.2, 0.25) is 0 Å². The van der Waals surface area contributed by atoms with Crippen LogP contribution in [-0.2, 0) is 21.0 Å². The molecule has 0 radical (unpaired) electrons. The molecule has 0 atom stereocenters. The van der Waals surface area contributed by atoms with Gasteiger partial charge >= 0.3 is 12.1 Å². The Hall–Kier alpha value is -2.96. The number of benzene rings is 1. The molecule has 10 nitrogen and oxygen atoms in total. The van der Waals surface area contributed by atoms with E-state index in [9.17, 15) is 9.59 Å². The van der Waals surface area contributed by atoms with E-state index in [1.54, 1.807) is 11.1 Å². The van der Waals surface area contributed by atoms with Crippen molar-refractivity contribution in [3.63, 3.8) is 0 Å². The van der Waals surface area contributed by atoms with Crippen LogP contribution in [0.15, 0.2) is 35.1 Å². The summed E-state index contributed by atoms with van der Waals surface area (Å²) in [6, 6.07) is 8.79. The van der Waals surface area contributed by atoms with Crippen molar-refractivity contribution in [1.82, 2.24) is 19.7 Å². The summed E-state index contributed by atoms with van der Waals surface area (Å²) in [6.07, 6.45) is 1.46. The standard InChI is InChI=1S/C29H40BrN5O5Si/c1-20(36)39-25-16-21(8-9-23(25)33-10-12-34(13-11-33)28(37)40-29(2,3)4)27-22-17-26(30)31-18-24(22)35(32-27)19-38-14-15-41(5,6)7/h8-9,16-18H,10-15,19H2,1-7H3. The van der Waals surface area contributed by atoms with Crippen LogP contribution in [0.3, 0.4) is 0 Å². The van der Waals surface area contributed by atoms with Gasteiger partial charge in [-0.1, -0.05) is 25.7 Å². The number of anilines is 1. The van der Waals surface area contributed by atoms with E-state index in [0.717, 1.165) is 33.9 Å². The van der Waals surface area contributed by atoms with Crippen LogP contribution in [0.5, 0.6) is 5.75 Å². The lowest BCUT2D eigenvalue weighted by Gasteiger charge is -2.37. The summed E-state index contributed by atoms with van der Waals surface area (Å²) >= 11 is 3.49. The van der Waals surface area contributed by atoms with Gasteiger partial charge in [-0.3, -0.25) is 4.79 Å². The first-order chi connectivity index (χ1) is 19.2. The number of aromatic nitrogens is 3. The first kappa shape index (κ1) is 31.0. The van der Waals surface area contributed by atoms with Gasteiger partial charge in [-0.15, -0.1) is 0 Å². The lowest BCUT2D eigenvalue weighted by atomic mass is 10.1. The summed E-state index contributed by atoms with van der Waals surface area (Å²) < 4.78 is 19.7. The molecule has 0 aliphatic carbocycles. The van der Waals surface area contributed by atoms with Gasteiger partial charge in [0, 0.05) is 58.7 Å². The van der Waals surface area contributed by atoms with Crippen LogP contribution >= 0.6 is 15.9 Å². The van der Waals surface area contributed by atoms with Crippen molar-refractivity contribution in [2.75, 3.05) is 37.7 Å². The zero-order valence-corrected chi connectivity index (χ0v) is 27.6. The number of amides is 1. The molecule has 3 aromatic rings. The van der Waals surface area contributed by atoms with Crippen molar-refractivity contribution in [1.29, 1.82) is 0 Å². The number of halogens is 1. The zero-order chi connectivity index (χ0) is 29.9. The van der Waals surface area contributed by atoms with E-state index in [2.05, 4.69) is 45.5 Å². The number of carbonyl (C=O) groups excluding carboxylic acids is 2. The second-order valence-corrected chi connectivity index (χ2v) is 18.9. The van der Waals surface area contributed by atoms with Crippen LogP contribution in [0, 0.1) is 0 Å². The van der Waals surface area contributed by atoms with Gasteiger partial charge in [0.05, 0.1) is 17.4 Å². The topological polar surface area (TPSA) is 99.0 Å². The first-order valence-corrected chi connectivity index (χ1v) is 18.4. The van der Waals surface area contributed by atoms with Crippen LogP contribution in [-0.4, -0.2) is 78.2 Å². The fourth-order valence-electron chi connectivity index (χ4n) is 4.50. The van der Waals surface area contributed by atoms with Crippen molar-refractivity contribution in [2.24, 2.45) is 0 Å². The molecule has 0 N–H and O–H groups in total. The third-order valence-corrected chi connectivity index (χ3v) is 8.71. The minimum atomic E-state index is -1.21. The predicted octanol–water partition coefficient (Wildman–Crippen LogP) is 6.16. The molecule has 1 aliphatic heterocycles. The summed E-state index contributed by atoms with van der Waals surface area (Å²) in [7, 11) is -1.21. The molecule has 2 aromatic heterocycles. The Labute approximate surface area is 251 Å². The molecule has 0 bridgehead atoms. The molecule has 1 aromatic carbocycles. The number of hydrogen-bond donors (Lipinski definition) is 0. The van der Waals surface area contributed by atoms with Gasteiger partial charge < -0.3 is 24.0 Å². The van der Waals surface area contributed by atoms with E-state index in [-0.39, 0.29) is 6.09 Å². The highest BCUT2D eigenvalue weighted by Gasteiger charge is 2.27. The highest BCUT2D eigenvalue weighted by atomic mass is 79.9. The lowest BCUT2D eigenvalue weighted by molar-refractivity contribution is -0.131. The Morgan fingerprint density at radius 1 is 1.07 bits per heavy atom. The Bertz CT molecular complexity index is 1410. The maximum absolute atomic E-state index is 12.5. The Morgan fingerprint density at radius 3 is 2.41 bits per heavy atom. The molecular formula is C29H40BrN5O5Si. The van der Waals surface area contributed by atoms with Crippen LogP contribution in [0.1, 0.15) is 27.7 Å². The first-order valence-electron chi connectivity index (χ1n) is 13.9. The minimum Gasteiger partial charge on any atom is -0.444 e. The highest BCUT2D eigenvalue weighted by molar-refractivity contribution is 9.10. The van der Waals surface area contributed by atoms with Gasteiger partial charge in [0.25, 0.3) is 0 Å². The summed E-state index contributed by atoms with van der Waals surface area (Å²) in [5.74, 6) is 0.0387. The molecule has 3 heterocycles. The Balaban J connectivity index is 1.59. The van der Waals surface area contributed by atoms with Crippen molar-refractivity contribution in [3.05, 3.63) is 35.1 Å². The summed E-state index contributed by atoms with van der Waals surface area (Å²) in [4.78, 5) is 32.8. The van der Waals surface area contributed by atoms with Crippen LogP contribution < -0.4 is 9.64 Å². The van der Waals surface area contributed by atoms with E-state index in [1.165, 1.54) is 6.92 Å². The average Bonchev–Trinajstić information content (AvgIpc) is 3.22. The third-order valence-electron chi connectivity index (χ3n) is 6.57. The summed E-state index contributed by atoms with van der Waals surface area (Å²) in [6.45, 7) is 17.1. The largest absolute Gasteiger partial charge is 0.444 e. The van der Waals surface area contributed by atoms with Crippen LogP contribution in [0.4, 0.5) is 10.5 Å². The van der Waals surface area contributed by atoms with E-state index in [4.69, 9.17) is 19.3 Å². The molecule has 4 rings (SSSR count). The molecule has 0 spiro atoms. The molecular weight excluding hydrogens is 606 g/mol. The quantitative estimate of drug-likeness (QED) is 0.0945. The van der Waals surface area contributed by atoms with Gasteiger partial charge in [0.1, 0.15) is 22.6 Å². The SMILES string of the molecule is CC(=O)Oc1cc(-c2nn(COCC[Si](C)(C)C)c3cnc(Br)cc23)ccc1N1CCN(C(=O)OC(C)(C)C)CC1. The van der Waals surface area contributed by atoms with Gasteiger partial charge in [-0.25, -0.2) is 14.5 Å². The number of ether oxygens (including phenoxy) is 3. The third kappa shape index (κ3) is 8.29. The second-order valence-electron chi connectivity index (χ2n) is 12.5. The van der Waals surface area contributed by atoms with E-state index < -0.39 is 19.6 Å². The van der Waals surface area contributed by atoms with E-state index in [0.29, 0.717) is 49.9 Å². The van der Waals surface area contributed by atoms with E-state index in [1.807, 2.05) is 49.7 Å². The normalized spacial score (nSPS) is 14.4. The number of rotatable bonds is 8. The fraction of sp³-hybridized carbons (Fsp3) is 0.517. The zero-order valence-electron chi connectivity index (χ0n) is 25.0. The van der Waals surface area contributed by atoms with Crippen LogP contribution in [0.2, 0.25) is 25.7 Å². The second kappa shape index (κ2) is 12.5. The fourth-order valence-corrected chi connectivity index (χ4v) is 5.59. The molecule has 12 heteroatoms. The van der Waals surface area contributed by atoms with Crippen molar-refractivity contribution in [3.8, 4) is 17.0 Å². The van der Waals surface area contributed by atoms with Gasteiger partial charge in [0.15, 0.2) is 5.75 Å². The van der Waals surface area contributed by atoms with Gasteiger partial charge in [-0.05, 0) is 60.9 Å². The summed E-state index contributed by atoms with van der Waals surface area (Å²) in [5, 5.41) is 5.80. The smallest absolute Gasteiger partial charge is 0.410 e. The number of carbonyl (C=O) groups is 2. The molecule has 1 fully saturated rings. The minimum absolute atomic E-state index is 0.319. The van der Waals surface area contributed by atoms with Crippen molar-refractivity contribution in [2.45, 2.75) is 65.7 Å². The number of fused-ring (bicyclic) bond motifs is 1. The highest BCUT2D eigenvalue weighted by Crippen LogP contribution is 2.37. The summed E-state index contributed by atoms with van der Waals surface area (Å²) in [5.41, 5.74) is 2.64. The molecule has 1 aliphatic rings. The van der Waals surface area contributed by atoms with Crippen LogP contribution in [0.25, 0.3) is 22.2 Å². The van der Waals surface area contributed by atoms with E-state index >= 15 is 0 Å². The Morgan fingerprint density at radius 2 is 1.78 bits per heavy atom. The maximum atomic E-state index is 12.5. The monoisotopic (exact) mass is 645 g/mol. The molecule has 1 saturated heterocycles. The van der Waals surface area contributed by atoms with Gasteiger partial charge in [-0.2, -0.15) is 5.10 Å². The number of esters is 1. The van der Waals surface area contributed by atoms with Crippen molar-refractivity contribution >= 4 is 52.7 Å². The van der Waals surface area contributed by atoms with Crippen molar-refractivity contribution < 1.29 is 23.8 Å². The number of hydrogen-bond acceptors (Lipinski definition) is 8. The molecule has 1 amide bonds. The number of nitrogens with zero attached hydrogens (tertiary/aromatic N) is 5. The molecule has 222 valence electrons.